The molecular formula is C17H26N2O4. The molecule has 0 bridgehead atoms. The number of ether oxygens (including phenoxy) is 1. The number of rotatable bonds is 8. The van der Waals surface area contributed by atoms with Gasteiger partial charge in [0.15, 0.2) is 0 Å². The molecule has 1 aromatic rings. The van der Waals surface area contributed by atoms with Crippen molar-refractivity contribution in [3.05, 3.63) is 29.8 Å². The monoisotopic (exact) mass is 322 g/mol. The molecule has 1 atom stereocenters. The number of aliphatic hydroxyl groups is 1. The van der Waals surface area contributed by atoms with Crippen LogP contribution in [-0.2, 0) is 4.79 Å². The fourth-order valence-corrected chi connectivity index (χ4v) is 2.22. The molecule has 6 heteroatoms. The fourth-order valence-electron chi connectivity index (χ4n) is 2.22. The molecule has 0 spiro atoms. The van der Waals surface area contributed by atoms with Crippen molar-refractivity contribution in [3.63, 3.8) is 0 Å². The van der Waals surface area contributed by atoms with E-state index in [1.54, 1.807) is 36.3 Å². The summed E-state index contributed by atoms with van der Waals surface area (Å²) in [7, 11) is 1.56. The zero-order valence-corrected chi connectivity index (χ0v) is 14.2. The van der Waals surface area contributed by atoms with Crippen molar-refractivity contribution in [1.82, 2.24) is 10.2 Å². The van der Waals surface area contributed by atoms with Gasteiger partial charge in [0.05, 0.1) is 13.7 Å². The Morgan fingerprint density at radius 3 is 2.30 bits per heavy atom. The fraction of sp³-hybridized carbons (Fsp3) is 0.529. The summed E-state index contributed by atoms with van der Waals surface area (Å²) in [6, 6.07) is 6.08. The van der Waals surface area contributed by atoms with Gasteiger partial charge in [-0.2, -0.15) is 0 Å². The van der Waals surface area contributed by atoms with E-state index < -0.39 is 6.04 Å². The van der Waals surface area contributed by atoms with Gasteiger partial charge in [-0.25, -0.2) is 0 Å². The Labute approximate surface area is 137 Å². The van der Waals surface area contributed by atoms with Crippen LogP contribution in [0.4, 0.5) is 0 Å². The predicted molar refractivity (Wildman–Crippen MR) is 88.4 cm³/mol. The average Bonchev–Trinajstić information content (AvgIpc) is 2.56. The summed E-state index contributed by atoms with van der Waals surface area (Å²) in [5.74, 6) is 0.119. The van der Waals surface area contributed by atoms with Crippen molar-refractivity contribution in [2.75, 3.05) is 26.8 Å². The summed E-state index contributed by atoms with van der Waals surface area (Å²) in [4.78, 5) is 26.5. The van der Waals surface area contributed by atoms with Crippen LogP contribution < -0.4 is 10.1 Å². The third-order valence-corrected chi connectivity index (χ3v) is 3.63. The highest BCUT2D eigenvalue weighted by atomic mass is 16.5. The van der Waals surface area contributed by atoms with Crippen LogP contribution in [0.25, 0.3) is 0 Å². The molecule has 0 aliphatic carbocycles. The molecule has 0 saturated heterocycles. The second kappa shape index (κ2) is 9.15. The highest BCUT2D eigenvalue weighted by Crippen LogP contribution is 2.13. The van der Waals surface area contributed by atoms with E-state index >= 15 is 0 Å². The summed E-state index contributed by atoms with van der Waals surface area (Å²) < 4.78 is 5.06. The first-order chi connectivity index (χ1) is 10.9. The van der Waals surface area contributed by atoms with Gasteiger partial charge in [0.1, 0.15) is 11.8 Å². The number of methoxy groups -OCH3 is 1. The Balaban J connectivity index is 2.85. The molecule has 0 aromatic heterocycles. The highest BCUT2D eigenvalue weighted by Gasteiger charge is 2.28. The molecule has 1 rings (SSSR count). The Bertz CT molecular complexity index is 514. The third-order valence-electron chi connectivity index (χ3n) is 3.63. The molecule has 0 fully saturated rings. The van der Waals surface area contributed by atoms with Crippen LogP contribution in [-0.4, -0.2) is 54.7 Å². The maximum atomic E-state index is 12.6. The second-order valence-corrected chi connectivity index (χ2v) is 5.57. The van der Waals surface area contributed by atoms with Crippen LogP contribution in [0.3, 0.4) is 0 Å². The molecule has 6 nitrogen and oxygen atoms in total. The summed E-state index contributed by atoms with van der Waals surface area (Å²) in [6.45, 7) is 6.25. The quantitative estimate of drug-likeness (QED) is 0.756. The van der Waals surface area contributed by atoms with Crippen LogP contribution >= 0.6 is 0 Å². The van der Waals surface area contributed by atoms with Gasteiger partial charge in [-0.15, -0.1) is 0 Å². The minimum atomic E-state index is -0.629. The Kier molecular flexibility index (Phi) is 7.54. The number of benzene rings is 1. The minimum Gasteiger partial charge on any atom is -0.497 e. The van der Waals surface area contributed by atoms with Gasteiger partial charge in [-0.1, -0.05) is 13.8 Å². The number of hydrogen-bond donors (Lipinski definition) is 2. The van der Waals surface area contributed by atoms with E-state index in [2.05, 4.69) is 5.32 Å². The molecule has 1 unspecified atom stereocenters. The number of nitrogens with zero attached hydrogens (tertiary/aromatic N) is 1. The molecule has 0 aliphatic rings. The van der Waals surface area contributed by atoms with Gasteiger partial charge < -0.3 is 20.1 Å². The number of hydrogen-bond acceptors (Lipinski definition) is 4. The molecule has 0 saturated carbocycles. The molecule has 128 valence electrons. The number of aliphatic hydroxyl groups excluding tert-OH is 1. The number of carbonyl (C=O) groups excluding carboxylic acids is 2. The third kappa shape index (κ3) is 5.25. The minimum absolute atomic E-state index is 0.0579. The zero-order valence-electron chi connectivity index (χ0n) is 14.2. The number of nitrogens with one attached hydrogen (secondary N) is 1. The molecule has 23 heavy (non-hydrogen) atoms. The van der Waals surface area contributed by atoms with Crippen molar-refractivity contribution >= 4 is 11.8 Å². The maximum Gasteiger partial charge on any atom is 0.251 e. The van der Waals surface area contributed by atoms with Gasteiger partial charge in [0, 0.05) is 18.7 Å². The Morgan fingerprint density at radius 1 is 1.26 bits per heavy atom. The SMILES string of the molecule is CCN(CCO)C(=O)C(NC(=O)c1ccc(OC)cc1)C(C)C. The largest absolute Gasteiger partial charge is 0.497 e. The van der Waals surface area contributed by atoms with E-state index in [9.17, 15) is 9.59 Å². The van der Waals surface area contributed by atoms with Crippen molar-refractivity contribution in [2.24, 2.45) is 5.92 Å². The first kappa shape index (κ1) is 19.0. The number of likely N-dealkylation sites (N-methyl/N-ethyl adjacent to an activating group) is 1. The number of carbonyl (C=O) groups is 2. The van der Waals surface area contributed by atoms with E-state index in [1.807, 2.05) is 20.8 Å². The maximum absolute atomic E-state index is 12.6. The van der Waals surface area contributed by atoms with E-state index in [1.165, 1.54) is 0 Å². The van der Waals surface area contributed by atoms with Crippen LogP contribution in [0.2, 0.25) is 0 Å². The van der Waals surface area contributed by atoms with Crippen LogP contribution in [0.5, 0.6) is 5.75 Å². The molecule has 1 aromatic carbocycles. The summed E-state index contributed by atoms with van der Waals surface area (Å²) >= 11 is 0. The van der Waals surface area contributed by atoms with Gasteiger partial charge in [0.25, 0.3) is 5.91 Å². The van der Waals surface area contributed by atoms with Crippen molar-refractivity contribution in [2.45, 2.75) is 26.8 Å². The van der Waals surface area contributed by atoms with E-state index in [-0.39, 0.29) is 30.9 Å². The smallest absolute Gasteiger partial charge is 0.251 e. The molecule has 2 amide bonds. The molecule has 0 aliphatic heterocycles. The Morgan fingerprint density at radius 2 is 1.87 bits per heavy atom. The topological polar surface area (TPSA) is 78.9 Å². The van der Waals surface area contributed by atoms with E-state index in [0.717, 1.165) is 0 Å². The molecule has 0 radical (unpaired) electrons. The molecule has 2 N–H and O–H groups in total. The zero-order chi connectivity index (χ0) is 17.4. The lowest BCUT2D eigenvalue weighted by Crippen LogP contribution is -2.51. The predicted octanol–water partition coefficient (Wildman–Crippen LogP) is 1.29. The molecular weight excluding hydrogens is 296 g/mol. The molecule has 0 heterocycles. The lowest BCUT2D eigenvalue weighted by Gasteiger charge is -2.28. The average molecular weight is 322 g/mol. The van der Waals surface area contributed by atoms with Crippen LogP contribution in [0, 0.1) is 5.92 Å². The number of amides is 2. The van der Waals surface area contributed by atoms with Crippen molar-refractivity contribution < 1.29 is 19.4 Å². The van der Waals surface area contributed by atoms with Gasteiger partial charge >= 0.3 is 0 Å². The second-order valence-electron chi connectivity index (χ2n) is 5.57. The first-order valence-electron chi connectivity index (χ1n) is 7.79. The highest BCUT2D eigenvalue weighted by molar-refractivity contribution is 5.97. The summed E-state index contributed by atoms with van der Waals surface area (Å²) in [5, 5.41) is 11.8. The van der Waals surface area contributed by atoms with Gasteiger partial charge in [-0.3, -0.25) is 9.59 Å². The Hall–Kier alpha value is -2.08. The summed E-state index contributed by atoms with van der Waals surface area (Å²) in [6.07, 6.45) is 0. The first-order valence-corrected chi connectivity index (χ1v) is 7.79. The van der Waals surface area contributed by atoms with E-state index in [0.29, 0.717) is 17.9 Å². The summed E-state index contributed by atoms with van der Waals surface area (Å²) in [5.41, 5.74) is 0.467. The standard InChI is InChI=1S/C17H26N2O4/c1-5-19(10-11-20)17(22)15(12(2)3)18-16(21)13-6-8-14(23-4)9-7-13/h6-9,12,15,20H,5,10-11H2,1-4H3,(H,18,21). The van der Waals surface area contributed by atoms with Gasteiger partial charge in [-0.05, 0) is 37.1 Å². The van der Waals surface area contributed by atoms with Crippen LogP contribution in [0.1, 0.15) is 31.1 Å². The lowest BCUT2D eigenvalue weighted by molar-refractivity contribution is -0.134. The van der Waals surface area contributed by atoms with Crippen molar-refractivity contribution in [3.8, 4) is 5.75 Å². The van der Waals surface area contributed by atoms with Crippen LogP contribution in [0.15, 0.2) is 24.3 Å². The normalized spacial score (nSPS) is 11.9. The van der Waals surface area contributed by atoms with E-state index in [4.69, 9.17) is 9.84 Å². The van der Waals surface area contributed by atoms with Gasteiger partial charge in [0.2, 0.25) is 5.91 Å². The van der Waals surface area contributed by atoms with Crippen molar-refractivity contribution in [1.29, 1.82) is 0 Å². The lowest BCUT2D eigenvalue weighted by atomic mass is 10.0.